The summed E-state index contributed by atoms with van der Waals surface area (Å²) in [5, 5.41) is 11.7. The van der Waals surface area contributed by atoms with Crippen LogP contribution in [0, 0.1) is 11.6 Å². The van der Waals surface area contributed by atoms with Crippen molar-refractivity contribution in [3.05, 3.63) is 70.3 Å². The van der Waals surface area contributed by atoms with Crippen LogP contribution < -0.4 is 10.1 Å². The predicted molar refractivity (Wildman–Crippen MR) is 133 cm³/mol. The number of hydrogen-bond donors (Lipinski definition) is 2. The van der Waals surface area contributed by atoms with Crippen LogP contribution in [0.25, 0.3) is 6.08 Å². The van der Waals surface area contributed by atoms with Gasteiger partial charge < -0.3 is 15.2 Å². The minimum absolute atomic E-state index is 0.0581. The van der Waals surface area contributed by atoms with Crippen LogP contribution in [0.1, 0.15) is 61.9 Å². The molecule has 9 heteroatoms. The van der Waals surface area contributed by atoms with E-state index in [1.165, 1.54) is 13.8 Å². The molecule has 1 aliphatic carbocycles. The number of carboxylic acids is 1. The monoisotopic (exact) mass is 516 g/mol. The molecule has 1 amide bonds. The lowest BCUT2D eigenvalue weighted by Crippen LogP contribution is -2.48. The Morgan fingerprint density at radius 2 is 1.86 bits per heavy atom. The Bertz CT molecular complexity index is 1200. The van der Waals surface area contributed by atoms with Gasteiger partial charge in [-0.3, -0.25) is 9.69 Å². The van der Waals surface area contributed by atoms with Crippen LogP contribution in [0.15, 0.2) is 36.4 Å². The molecule has 1 saturated carbocycles. The van der Waals surface area contributed by atoms with E-state index in [0.29, 0.717) is 17.7 Å². The Kier molecular flexibility index (Phi) is 7.64. The molecule has 0 saturated heterocycles. The number of fused-ring (bicyclic) bond motifs is 1. The van der Waals surface area contributed by atoms with Crippen molar-refractivity contribution in [1.82, 2.24) is 10.2 Å². The smallest absolute Gasteiger partial charge is 0.328 e. The zero-order valence-corrected chi connectivity index (χ0v) is 21.1. The molecule has 1 aliphatic heterocycles. The highest BCUT2D eigenvalue weighted by Crippen LogP contribution is 2.42. The number of nitrogens with zero attached hydrogens (tertiary/aromatic N) is 1. The Balaban J connectivity index is 1.70. The summed E-state index contributed by atoms with van der Waals surface area (Å²) in [7, 11) is 0. The number of ether oxygens (including phenoxy) is 1. The lowest BCUT2D eigenvalue weighted by Gasteiger charge is -2.44. The van der Waals surface area contributed by atoms with E-state index in [9.17, 15) is 14.0 Å². The average Bonchev–Trinajstić information content (AvgIpc) is 3.60. The van der Waals surface area contributed by atoms with E-state index in [2.05, 4.69) is 5.32 Å². The minimum atomic E-state index is -1.63. The van der Waals surface area contributed by atoms with Gasteiger partial charge in [0.05, 0.1) is 6.04 Å². The molecule has 0 aromatic heterocycles. The van der Waals surface area contributed by atoms with Gasteiger partial charge in [-0.15, -0.1) is 0 Å². The highest BCUT2D eigenvalue weighted by Gasteiger charge is 2.39. The summed E-state index contributed by atoms with van der Waals surface area (Å²) in [6.45, 7) is 4.52. The number of benzene rings is 2. The maximum absolute atomic E-state index is 15.4. The summed E-state index contributed by atoms with van der Waals surface area (Å²) in [6, 6.07) is 6.31. The molecule has 2 aromatic carbocycles. The minimum Gasteiger partial charge on any atom is -0.484 e. The molecule has 2 aliphatic rings. The zero-order chi connectivity index (χ0) is 26.9. The van der Waals surface area contributed by atoms with Crippen molar-refractivity contribution in [1.29, 1.82) is 0 Å². The summed E-state index contributed by atoms with van der Waals surface area (Å²) < 4.78 is 51.4. The number of carbonyl (C=O) groups is 2. The molecule has 0 radical (unpaired) electrons. The van der Waals surface area contributed by atoms with Gasteiger partial charge in [0.25, 0.3) is 5.91 Å². The van der Waals surface area contributed by atoms with E-state index in [4.69, 9.17) is 9.84 Å². The van der Waals surface area contributed by atoms with Gasteiger partial charge >= 0.3 is 5.97 Å². The van der Waals surface area contributed by atoms with Gasteiger partial charge in [-0.05, 0) is 87.1 Å². The second-order valence-electron chi connectivity index (χ2n) is 10.4. The van der Waals surface area contributed by atoms with E-state index in [1.54, 1.807) is 23.1 Å². The second kappa shape index (κ2) is 10.6. The molecule has 37 heavy (non-hydrogen) atoms. The van der Waals surface area contributed by atoms with Crippen molar-refractivity contribution >= 4 is 18.0 Å². The lowest BCUT2D eigenvalue weighted by atomic mass is 9.83. The highest BCUT2D eigenvalue weighted by atomic mass is 19.1. The van der Waals surface area contributed by atoms with Crippen molar-refractivity contribution in [2.45, 2.75) is 63.8 Å². The Hall–Kier alpha value is -3.33. The summed E-state index contributed by atoms with van der Waals surface area (Å²) >= 11 is 0. The van der Waals surface area contributed by atoms with E-state index in [0.717, 1.165) is 42.7 Å². The van der Waals surface area contributed by atoms with E-state index >= 15 is 8.78 Å². The Morgan fingerprint density at radius 3 is 2.46 bits per heavy atom. The zero-order valence-electron chi connectivity index (χ0n) is 21.1. The standard InChI is InChI=1S/C28H31F3N2O4/c1-16-10-18-13-20(37-14-24(34)32-19-5-6-19)7-8-21(18)27(33(16)15-28(2,3)31)26-22(29)11-17(12-23(26)30)4-9-25(35)36/h4,7-9,11-13,16,19,27H,5-6,10,14-15H2,1-3H3,(H,32,34)(H,35,36)/b9-4+/t16-,27+/m0/s1. The molecule has 0 spiro atoms. The highest BCUT2D eigenvalue weighted by molar-refractivity contribution is 5.85. The van der Waals surface area contributed by atoms with Crippen LogP contribution in [-0.2, 0) is 16.0 Å². The number of halogens is 3. The number of alkyl halides is 1. The van der Waals surface area contributed by atoms with E-state index < -0.39 is 29.3 Å². The Morgan fingerprint density at radius 1 is 1.19 bits per heavy atom. The first kappa shape index (κ1) is 26.7. The van der Waals surface area contributed by atoms with Gasteiger partial charge in [-0.1, -0.05) is 6.07 Å². The van der Waals surface area contributed by atoms with Gasteiger partial charge in [-0.2, -0.15) is 0 Å². The quantitative estimate of drug-likeness (QED) is 0.468. The topological polar surface area (TPSA) is 78.9 Å². The van der Waals surface area contributed by atoms with Crippen molar-refractivity contribution in [3.8, 4) is 5.75 Å². The number of rotatable bonds is 9. The van der Waals surface area contributed by atoms with E-state index in [-0.39, 0.29) is 42.3 Å². The molecule has 4 rings (SSSR count). The van der Waals surface area contributed by atoms with Crippen LogP contribution >= 0.6 is 0 Å². The van der Waals surface area contributed by atoms with Crippen molar-refractivity contribution in [2.75, 3.05) is 13.2 Å². The van der Waals surface area contributed by atoms with Gasteiger partial charge in [0.15, 0.2) is 6.61 Å². The van der Waals surface area contributed by atoms with E-state index in [1.807, 2.05) is 6.92 Å². The maximum Gasteiger partial charge on any atom is 0.328 e. The summed E-state index contributed by atoms with van der Waals surface area (Å²) in [5.74, 6) is -2.68. The summed E-state index contributed by atoms with van der Waals surface area (Å²) in [4.78, 5) is 24.6. The number of nitrogens with one attached hydrogen (secondary N) is 1. The fourth-order valence-corrected chi connectivity index (χ4v) is 4.76. The van der Waals surface area contributed by atoms with Crippen LogP contribution in [-0.4, -0.2) is 52.8 Å². The number of carboxylic acid groups (broad SMARTS) is 1. The van der Waals surface area contributed by atoms with Gasteiger partial charge in [0.1, 0.15) is 23.1 Å². The third kappa shape index (κ3) is 6.71. The summed E-state index contributed by atoms with van der Waals surface area (Å²) in [5.41, 5.74) is -0.389. The summed E-state index contributed by atoms with van der Waals surface area (Å²) in [6.07, 6.45) is 4.35. The SMILES string of the molecule is C[C@H]1Cc2cc(OCC(=O)NC3CC3)ccc2[C@H](c2c(F)cc(/C=C/C(=O)O)cc2F)N1CC(C)(C)F. The molecular formula is C28H31F3N2O4. The molecule has 1 heterocycles. The molecule has 0 bridgehead atoms. The number of amides is 1. The molecule has 198 valence electrons. The van der Waals surface area contributed by atoms with Crippen molar-refractivity contribution in [2.24, 2.45) is 0 Å². The fraction of sp³-hybridized carbons (Fsp3) is 0.429. The van der Waals surface area contributed by atoms with Crippen LogP contribution in [0.4, 0.5) is 13.2 Å². The molecule has 2 atom stereocenters. The van der Waals surface area contributed by atoms with Gasteiger partial charge in [0.2, 0.25) is 0 Å². The first-order chi connectivity index (χ1) is 17.4. The third-order valence-electron chi connectivity index (χ3n) is 6.49. The molecular weight excluding hydrogens is 485 g/mol. The first-order valence-corrected chi connectivity index (χ1v) is 12.3. The Labute approximate surface area is 214 Å². The lowest BCUT2D eigenvalue weighted by molar-refractivity contribution is -0.131. The predicted octanol–water partition coefficient (Wildman–Crippen LogP) is 4.80. The van der Waals surface area contributed by atoms with Crippen LogP contribution in [0.2, 0.25) is 0 Å². The number of aliphatic carboxylic acids is 1. The average molecular weight is 517 g/mol. The van der Waals surface area contributed by atoms with Crippen LogP contribution in [0.3, 0.4) is 0 Å². The van der Waals surface area contributed by atoms with Crippen LogP contribution in [0.5, 0.6) is 5.75 Å². The van der Waals surface area contributed by atoms with Gasteiger partial charge in [-0.25, -0.2) is 18.0 Å². The fourth-order valence-electron chi connectivity index (χ4n) is 4.76. The van der Waals surface area contributed by atoms with Crippen molar-refractivity contribution in [3.63, 3.8) is 0 Å². The number of carbonyl (C=O) groups excluding carboxylic acids is 1. The molecule has 2 aromatic rings. The molecule has 2 N–H and O–H groups in total. The second-order valence-corrected chi connectivity index (χ2v) is 10.4. The molecule has 0 unspecified atom stereocenters. The third-order valence-corrected chi connectivity index (χ3v) is 6.49. The molecule has 1 fully saturated rings. The normalized spacial score (nSPS) is 20.1. The van der Waals surface area contributed by atoms with Crippen molar-refractivity contribution < 1.29 is 32.6 Å². The van der Waals surface area contributed by atoms with Gasteiger partial charge in [0, 0.05) is 30.3 Å². The number of hydrogen-bond acceptors (Lipinski definition) is 4. The maximum atomic E-state index is 15.4. The largest absolute Gasteiger partial charge is 0.484 e. The first-order valence-electron chi connectivity index (χ1n) is 12.3. The molecule has 6 nitrogen and oxygen atoms in total.